The molecule has 1 amide bonds. The van der Waals surface area contributed by atoms with E-state index in [9.17, 15) is 18.0 Å². The molecule has 0 aromatic rings. The van der Waals surface area contributed by atoms with Crippen LogP contribution in [0.5, 0.6) is 0 Å². The van der Waals surface area contributed by atoms with Gasteiger partial charge in [0.15, 0.2) is 0 Å². The molecule has 112 valence electrons. The molecule has 1 N–H and O–H groups in total. The lowest BCUT2D eigenvalue weighted by atomic mass is 10.2. The fourth-order valence-corrected chi connectivity index (χ4v) is 3.07. The highest BCUT2D eigenvalue weighted by Crippen LogP contribution is 2.04. The molecule has 1 unspecified atom stereocenters. The molecule has 0 radical (unpaired) electrons. The maximum Gasteiger partial charge on any atom is 0.308 e. The minimum Gasteiger partial charge on any atom is -0.481 e. The van der Waals surface area contributed by atoms with Crippen LogP contribution in [-0.4, -0.2) is 67.0 Å². The molecule has 0 rings (SSSR count). The molecule has 0 saturated carbocycles. The van der Waals surface area contributed by atoms with Crippen LogP contribution in [0.25, 0.3) is 0 Å². The Balaban J connectivity index is 4.65. The van der Waals surface area contributed by atoms with Crippen molar-refractivity contribution >= 4 is 21.9 Å². The van der Waals surface area contributed by atoms with Crippen molar-refractivity contribution in [1.82, 2.24) is 9.21 Å². The number of carboxylic acid groups (broad SMARTS) is 1. The second-order valence-corrected chi connectivity index (χ2v) is 6.32. The molecular formula is C11H22N2O5S. The second kappa shape index (κ2) is 7.44. The van der Waals surface area contributed by atoms with E-state index >= 15 is 0 Å². The van der Waals surface area contributed by atoms with E-state index in [1.54, 1.807) is 13.8 Å². The Labute approximate surface area is 114 Å². The Morgan fingerprint density at radius 2 is 1.68 bits per heavy atom. The van der Waals surface area contributed by atoms with Gasteiger partial charge in [0.2, 0.25) is 15.9 Å². The van der Waals surface area contributed by atoms with Gasteiger partial charge in [-0.1, -0.05) is 20.8 Å². The molecule has 1 atom stereocenters. The summed E-state index contributed by atoms with van der Waals surface area (Å²) in [6.45, 7) is 5.46. The fourth-order valence-electron chi connectivity index (χ4n) is 1.57. The zero-order valence-corrected chi connectivity index (χ0v) is 12.6. The number of carbonyl (C=O) groups is 2. The predicted molar refractivity (Wildman–Crippen MR) is 71.1 cm³/mol. The topological polar surface area (TPSA) is 95.0 Å². The molecule has 0 aromatic carbocycles. The van der Waals surface area contributed by atoms with Gasteiger partial charge in [0.05, 0.1) is 5.92 Å². The molecule has 0 fully saturated rings. The van der Waals surface area contributed by atoms with Crippen molar-refractivity contribution < 1.29 is 23.1 Å². The standard InChI is InChI=1S/C11H22N2O5S/c1-5-13(6-2)19(17,18)8-10(14)12(4)7-9(3)11(15)16/h9H,5-8H2,1-4H3,(H,15,16). The van der Waals surface area contributed by atoms with Gasteiger partial charge in [0, 0.05) is 26.7 Å². The highest BCUT2D eigenvalue weighted by molar-refractivity contribution is 7.89. The Morgan fingerprint density at radius 1 is 1.21 bits per heavy atom. The van der Waals surface area contributed by atoms with Crippen molar-refractivity contribution in [3.63, 3.8) is 0 Å². The number of amides is 1. The predicted octanol–water partition coefficient (Wildman–Crippen LogP) is -0.163. The van der Waals surface area contributed by atoms with Gasteiger partial charge in [-0.15, -0.1) is 0 Å². The molecule has 0 aromatic heterocycles. The van der Waals surface area contributed by atoms with Gasteiger partial charge in [-0.2, -0.15) is 0 Å². The zero-order chi connectivity index (χ0) is 15.2. The summed E-state index contributed by atoms with van der Waals surface area (Å²) >= 11 is 0. The number of aliphatic carboxylic acids is 1. The summed E-state index contributed by atoms with van der Waals surface area (Å²) in [7, 11) is -2.23. The summed E-state index contributed by atoms with van der Waals surface area (Å²) in [6.07, 6.45) is 0. The van der Waals surface area contributed by atoms with Gasteiger partial charge >= 0.3 is 5.97 Å². The number of hydrogen-bond donors (Lipinski definition) is 1. The van der Waals surface area contributed by atoms with Crippen LogP contribution in [0.2, 0.25) is 0 Å². The van der Waals surface area contributed by atoms with Crippen molar-refractivity contribution in [3.8, 4) is 0 Å². The highest BCUT2D eigenvalue weighted by atomic mass is 32.2. The molecule has 0 aliphatic rings. The molecule has 0 heterocycles. The smallest absolute Gasteiger partial charge is 0.308 e. The lowest BCUT2D eigenvalue weighted by molar-refractivity contribution is -0.142. The third kappa shape index (κ3) is 5.56. The van der Waals surface area contributed by atoms with Crippen LogP contribution in [-0.2, 0) is 19.6 Å². The first kappa shape index (κ1) is 17.8. The Bertz CT molecular complexity index is 417. The summed E-state index contributed by atoms with van der Waals surface area (Å²) < 4.78 is 25.0. The third-order valence-electron chi connectivity index (χ3n) is 2.80. The first-order valence-electron chi connectivity index (χ1n) is 6.10. The van der Waals surface area contributed by atoms with Crippen molar-refractivity contribution in [2.75, 3.05) is 32.4 Å². The van der Waals surface area contributed by atoms with Gasteiger partial charge in [-0.3, -0.25) is 9.59 Å². The molecule has 0 spiro atoms. The average molecular weight is 294 g/mol. The SMILES string of the molecule is CCN(CC)S(=O)(=O)CC(=O)N(C)CC(C)C(=O)O. The number of hydrogen-bond acceptors (Lipinski definition) is 4. The summed E-state index contributed by atoms with van der Waals surface area (Å²) in [6, 6.07) is 0. The minimum absolute atomic E-state index is 0.0120. The van der Waals surface area contributed by atoms with E-state index in [0.29, 0.717) is 13.1 Å². The van der Waals surface area contributed by atoms with Crippen molar-refractivity contribution in [2.45, 2.75) is 20.8 Å². The van der Waals surface area contributed by atoms with E-state index in [-0.39, 0.29) is 6.54 Å². The van der Waals surface area contributed by atoms with Gasteiger partial charge < -0.3 is 10.0 Å². The van der Waals surface area contributed by atoms with Gasteiger partial charge in [-0.05, 0) is 0 Å². The first-order valence-corrected chi connectivity index (χ1v) is 7.71. The van der Waals surface area contributed by atoms with E-state index < -0.39 is 33.6 Å². The lowest BCUT2D eigenvalue weighted by Crippen LogP contribution is -2.41. The van der Waals surface area contributed by atoms with Crippen LogP contribution >= 0.6 is 0 Å². The summed E-state index contributed by atoms with van der Waals surface area (Å²) in [5.41, 5.74) is 0. The lowest BCUT2D eigenvalue weighted by Gasteiger charge is -2.22. The molecule has 19 heavy (non-hydrogen) atoms. The minimum atomic E-state index is -3.63. The van der Waals surface area contributed by atoms with Crippen LogP contribution in [0.4, 0.5) is 0 Å². The molecule has 0 aliphatic heterocycles. The Hall–Kier alpha value is -1.15. The number of sulfonamides is 1. The number of rotatable bonds is 8. The van der Waals surface area contributed by atoms with Crippen molar-refractivity contribution in [1.29, 1.82) is 0 Å². The number of carbonyl (C=O) groups excluding carboxylic acids is 1. The van der Waals surface area contributed by atoms with E-state index in [1.807, 2.05) is 0 Å². The van der Waals surface area contributed by atoms with E-state index in [1.165, 1.54) is 18.3 Å². The molecule has 0 saturated heterocycles. The Morgan fingerprint density at radius 3 is 2.05 bits per heavy atom. The average Bonchev–Trinajstić information content (AvgIpc) is 2.28. The normalized spacial score (nSPS) is 13.3. The van der Waals surface area contributed by atoms with Crippen molar-refractivity contribution in [2.24, 2.45) is 5.92 Å². The molecule has 8 heteroatoms. The molecule has 0 aliphatic carbocycles. The van der Waals surface area contributed by atoms with Crippen LogP contribution in [0.3, 0.4) is 0 Å². The van der Waals surface area contributed by atoms with Crippen molar-refractivity contribution in [3.05, 3.63) is 0 Å². The maximum atomic E-state index is 11.9. The van der Waals surface area contributed by atoms with Gasteiger partial charge in [0.25, 0.3) is 0 Å². The summed E-state index contributed by atoms with van der Waals surface area (Å²) in [5.74, 6) is -2.98. The van der Waals surface area contributed by atoms with Crippen LogP contribution in [0.1, 0.15) is 20.8 Å². The maximum absolute atomic E-state index is 11.9. The fraction of sp³-hybridized carbons (Fsp3) is 0.818. The van der Waals surface area contributed by atoms with Gasteiger partial charge in [0.1, 0.15) is 5.75 Å². The van der Waals surface area contributed by atoms with Gasteiger partial charge in [-0.25, -0.2) is 12.7 Å². The molecular weight excluding hydrogens is 272 g/mol. The summed E-state index contributed by atoms with van der Waals surface area (Å²) in [4.78, 5) is 23.6. The molecule has 0 bridgehead atoms. The largest absolute Gasteiger partial charge is 0.481 e. The highest BCUT2D eigenvalue weighted by Gasteiger charge is 2.26. The van der Waals surface area contributed by atoms with E-state index in [0.717, 1.165) is 4.90 Å². The second-order valence-electron chi connectivity index (χ2n) is 4.35. The van der Waals surface area contributed by atoms with E-state index in [2.05, 4.69) is 0 Å². The van der Waals surface area contributed by atoms with Crippen LogP contribution in [0, 0.1) is 5.92 Å². The zero-order valence-electron chi connectivity index (χ0n) is 11.8. The number of nitrogens with zero attached hydrogens (tertiary/aromatic N) is 2. The quantitative estimate of drug-likeness (QED) is 0.671. The first-order chi connectivity index (χ1) is 8.65. The molecule has 7 nitrogen and oxygen atoms in total. The monoisotopic (exact) mass is 294 g/mol. The number of carboxylic acids is 1. The third-order valence-corrected chi connectivity index (χ3v) is 4.71. The summed E-state index contributed by atoms with van der Waals surface area (Å²) in [5, 5.41) is 8.75. The Kier molecular flexibility index (Phi) is 6.99. The van der Waals surface area contributed by atoms with Crippen LogP contribution in [0.15, 0.2) is 0 Å². The van der Waals surface area contributed by atoms with Crippen LogP contribution < -0.4 is 0 Å². The van der Waals surface area contributed by atoms with E-state index in [4.69, 9.17) is 5.11 Å².